The fraction of sp³-hybridized carbons (Fsp3) is 0.235. The summed E-state index contributed by atoms with van der Waals surface area (Å²) in [6, 6.07) is 11.6. The van der Waals surface area contributed by atoms with Gasteiger partial charge in [-0.05, 0) is 18.1 Å². The first-order valence-corrected chi connectivity index (χ1v) is 7.21. The second kappa shape index (κ2) is 7.40. The standard InChI is InChI=1S/C17H18N2O4/c1-19-11-13(7-9-15(19)20)17(23)18-14(8-10-16(21)22)12-5-3-2-4-6-12/h2-7,9,11,14H,8,10H2,1H3,(H,18,23)(H,21,22). The summed E-state index contributed by atoms with van der Waals surface area (Å²) >= 11 is 0. The number of nitrogens with one attached hydrogen (secondary N) is 1. The molecular weight excluding hydrogens is 296 g/mol. The maximum absolute atomic E-state index is 12.4. The van der Waals surface area contributed by atoms with E-state index in [4.69, 9.17) is 5.11 Å². The molecule has 1 unspecified atom stereocenters. The van der Waals surface area contributed by atoms with Crippen LogP contribution in [0.15, 0.2) is 53.5 Å². The van der Waals surface area contributed by atoms with Crippen LogP contribution in [0.2, 0.25) is 0 Å². The number of carboxylic acids is 1. The lowest BCUT2D eigenvalue weighted by atomic mass is 10.0. The van der Waals surface area contributed by atoms with Gasteiger partial charge in [0.05, 0.1) is 11.6 Å². The van der Waals surface area contributed by atoms with E-state index in [9.17, 15) is 14.4 Å². The number of aliphatic carboxylic acids is 1. The molecular formula is C17H18N2O4. The van der Waals surface area contributed by atoms with Gasteiger partial charge in [-0.1, -0.05) is 30.3 Å². The number of benzene rings is 1. The highest BCUT2D eigenvalue weighted by molar-refractivity contribution is 5.94. The summed E-state index contributed by atoms with van der Waals surface area (Å²) in [6.45, 7) is 0. The molecule has 0 saturated heterocycles. The van der Waals surface area contributed by atoms with Crippen LogP contribution in [0.25, 0.3) is 0 Å². The van der Waals surface area contributed by atoms with Crippen LogP contribution in [-0.4, -0.2) is 21.6 Å². The van der Waals surface area contributed by atoms with Crippen molar-refractivity contribution in [3.63, 3.8) is 0 Å². The molecule has 23 heavy (non-hydrogen) atoms. The van der Waals surface area contributed by atoms with Gasteiger partial charge in [-0.2, -0.15) is 0 Å². The first-order chi connectivity index (χ1) is 11.0. The lowest BCUT2D eigenvalue weighted by molar-refractivity contribution is -0.137. The van der Waals surface area contributed by atoms with Crippen LogP contribution in [0.4, 0.5) is 0 Å². The van der Waals surface area contributed by atoms with Crippen molar-refractivity contribution in [2.45, 2.75) is 18.9 Å². The Hall–Kier alpha value is -2.89. The summed E-state index contributed by atoms with van der Waals surface area (Å²) in [5.74, 6) is -1.26. The minimum Gasteiger partial charge on any atom is -0.481 e. The van der Waals surface area contributed by atoms with Gasteiger partial charge in [0.25, 0.3) is 5.91 Å². The maximum atomic E-state index is 12.4. The summed E-state index contributed by atoms with van der Waals surface area (Å²) in [5.41, 5.74) is 0.988. The molecule has 2 rings (SSSR count). The average Bonchev–Trinajstić information content (AvgIpc) is 2.54. The fourth-order valence-electron chi connectivity index (χ4n) is 2.25. The molecule has 0 aliphatic heterocycles. The Balaban J connectivity index is 2.19. The molecule has 2 aromatic rings. The molecule has 6 nitrogen and oxygen atoms in total. The van der Waals surface area contributed by atoms with Gasteiger partial charge in [-0.25, -0.2) is 0 Å². The molecule has 1 aromatic heterocycles. The Kier molecular flexibility index (Phi) is 5.30. The van der Waals surface area contributed by atoms with Crippen molar-refractivity contribution in [2.75, 3.05) is 0 Å². The molecule has 0 spiro atoms. The van der Waals surface area contributed by atoms with Crippen molar-refractivity contribution < 1.29 is 14.7 Å². The minimum atomic E-state index is -0.915. The van der Waals surface area contributed by atoms with Crippen LogP contribution in [-0.2, 0) is 11.8 Å². The first-order valence-electron chi connectivity index (χ1n) is 7.21. The van der Waals surface area contributed by atoms with Gasteiger partial charge < -0.3 is 15.0 Å². The van der Waals surface area contributed by atoms with Crippen molar-refractivity contribution in [1.82, 2.24) is 9.88 Å². The maximum Gasteiger partial charge on any atom is 0.303 e. The average molecular weight is 314 g/mol. The molecule has 0 saturated carbocycles. The summed E-state index contributed by atoms with van der Waals surface area (Å²) in [4.78, 5) is 34.6. The van der Waals surface area contributed by atoms with Gasteiger partial charge in [-0.15, -0.1) is 0 Å². The van der Waals surface area contributed by atoms with Crippen LogP contribution in [0.3, 0.4) is 0 Å². The molecule has 6 heteroatoms. The zero-order valence-electron chi connectivity index (χ0n) is 12.7. The van der Waals surface area contributed by atoms with E-state index < -0.39 is 12.0 Å². The lowest BCUT2D eigenvalue weighted by Crippen LogP contribution is -2.30. The van der Waals surface area contributed by atoms with Gasteiger partial charge in [0.1, 0.15) is 0 Å². The number of nitrogens with zero attached hydrogens (tertiary/aromatic N) is 1. The number of rotatable bonds is 6. The molecule has 0 aliphatic carbocycles. The third-order valence-corrected chi connectivity index (χ3v) is 3.50. The highest BCUT2D eigenvalue weighted by Crippen LogP contribution is 2.19. The molecule has 1 amide bonds. The first kappa shape index (κ1) is 16.5. The predicted octanol–water partition coefficient (Wildman–Crippen LogP) is 1.72. The summed E-state index contributed by atoms with van der Waals surface area (Å²) in [6.07, 6.45) is 1.70. The Morgan fingerprint density at radius 3 is 2.48 bits per heavy atom. The Bertz CT molecular complexity index is 753. The molecule has 0 aliphatic rings. The quantitative estimate of drug-likeness (QED) is 0.850. The van der Waals surface area contributed by atoms with E-state index in [0.29, 0.717) is 5.56 Å². The normalized spacial score (nSPS) is 11.7. The van der Waals surface area contributed by atoms with Crippen LogP contribution in [0.5, 0.6) is 0 Å². The van der Waals surface area contributed by atoms with Crippen molar-refractivity contribution >= 4 is 11.9 Å². The fourth-order valence-corrected chi connectivity index (χ4v) is 2.25. The van der Waals surface area contributed by atoms with Crippen LogP contribution >= 0.6 is 0 Å². The van der Waals surface area contributed by atoms with Crippen molar-refractivity contribution in [3.8, 4) is 0 Å². The largest absolute Gasteiger partial charge is 0.481 e. The van der Waals surface area contributed by atoms with Gasteiger partial charge in [0.15, 0.2) is 0 Å². The highest BCUT2D eigenvalue weighted by atomic mass is 16.4. The van der Waals surface area contributed by atoms with E-state index in [-0.39, 0.29) is 24.3 Å². The van der Waals surface area contributed by atoms with Crippen molar-refractivity contribution in [1.29, 1.82) is 0 Å². The van der Waals surface area contributed by atoms with Gasteiger partial charge in [-0.3, -0.25) is 14.4 Å². The van der Waals surface area contributed by atoms with E-state index in [1.165, 1.54) is 22.9 Å². The molecule has 2 N–H and O–H groups in total. The van der Waals surface area contributed by atoms with E-state index >= 15 is 0 Å². The summed E-state index contributed by atoms with van der Waals surface area (Å²) < 4.78 is 1.32. The van der Waals surface area contributed by atoms with Crippen LogP contribution in [0, 0.1) is 0 Å². The molecule has 0 bridgehead atoms. The number of aryl methyl sites for hydroxylation is 1. The number of aromatic nitrogens is 1. The number of hydrogen-bond donors (Lipinski definition) is 2. The van der Waals surface area contributed by atoms with Gasteiger partial charge in [0, 0.05) is 25.7 Å². The molecule has 1 heterocycles. The topological polar surface area (TPSA) is 88.4 Å². The SMILES string of the molecule is Cn1cc(C(=O)NC(CCC(=O)O)c2ccccc2)ccc1=O. The van der Waals surface area contributed by atoms with E-state index in [1.807, 2.05) is 30.3 Å². The van der Waals surface area contributed by atoms with E-state index in [1.54, 1.807) is 7.05 Å². The smallest absolute Gasteiger partial charge is 0.303 e. The third-order valence-electron chi connectivity index (χ3n) is 3.50. The Labute approximate surface area is 133 Å². The van der Waals surface area contributed by atoms with Gasteiger partial charge in [0.2, 0.25) is 5.56 Å². The number of carbonyl (C=O) groups is 2. The molecule has 1 aromatic carbocycles. The van der Waals surface area contributed by atoms with Crippen LogP contribution in [0.1, 0.15) is 34.8 Å². The predicted molar refractivity (Wildman–Crippen MR) is 85.2 cm³/mol. The monoisotopic (exact) mass is 314 g/mol. The molecule has 0 fully saturated rings. The number of carbonyl (C=O) groups excluding carboxylic acids is 1. The van der Waals surface area contributed by atoms with Crippen molar-refractivity contribution in [3.05, 3.63) is 70.1 Å². The number of pyridine rings is 1. The van der Waals surface area contributed by atoms with E-state index in [2.05, 4.69) is 5.32 Å². The van der Waals surface area contributed by atoms with Crippen molar-refractivity contribution in [2.24, 2.45) is 7.05 Å². The molecule has 120 valence electrons. The third kappa shape index (κ3) is 4.54. The Morgan fingerprint density at radius 1 is 1.17 bits per heavy atom. The molecule has 1 atom stereocenters. The van der Waals surface area contributed by atoms with Crippen LogP contribution < -0.4 is 10.9 Å². The second-order valence-corrected chi connectivity index (χ2v) is 5.24. The zero-order chi connectivity index (χ0) is 16.8. The summed E-state index contributed by atoms with van der Waals surface area (Å²) in [7, 11) is 1.57. The van der Waals surface area contributed by atoms with E-state index in [0.717, 1.165) is 5.56 Å². The minimum absolute atomic E-state index is 0.0485. The van der Waals surface area contributed by atoms with Gasteiger partial charge >= 0.3 is 5.97 Å². The molecule has 0 radical (unpaired) electrons. The second-order valence-electron chi connectivity index (χ2n) is 5.24. The number of carboxylic acid groups (broad SMARTS) is 1. The zero-order valence-corrected chi connectivity index (χ0v) is 12.7. The highest BCUT2D eigenvalue weighted by Gasteiger charge is 2.17. The summed E-state index contributed by atoms with van der Waals surface area (Å²) in [5, 5.41) is 11.7. The Morgan fingerprint density at radius 2 is 1.87 bits per heavy atom. The number of hydrogen-bond acceptors (Lipinski definition) is 3. The number of amides is 1. The lowest BCUT2D eigenvalue weighted by Gasteiger charge is -2.18.